The molecular formula is C8H14O2. The molecule has 0 saturated carbocycles. The molecule has 0 bridgehead atoms. The van der Waals surface area contributed by atoms with E-state index >= 15 is 0 Å². The number of ketones is 1. The molecule has 0 aliphatic carbocycles. The largest absolute Gasteiger partial charge is 0.370 e. The van der Waals surface area contributed by atoms with Gasteiger partial charge in [0.15, 0.2) is 5.78 Å². The maximum absolute atomic E-state index is 10.9. The number of hydrogen-bond donors (Lipinski definition) is 0. The minimum Gasteiger partial charge on any atom is -0.370 e. The molecule has 0 aromatic rings. The summed E-state index contributed by atoms with van der Waals surface area (Å²) >= 11 is 0. The Morgan fingerprint density at radius 2 is 2.30 bits per heavy atom. The zero-order valence-electron chi connectivity index (χ0n) is 6.59. The van der Waals surface area contributed by atoms with Crippen LogP contribution >= 0.6 is 0 Å². The van der Waals surface area contributed by atoms with Gasteiger partial charge in [-0.25, -0.2) is 0 Å². The van der Waals surface area contributed by atoms with E-state index in [0.29, 0.717) is 6.61 Å². The molecule has 0 radical (unpaired) electrons. The van der Waals surface area contributed by atoms with Crippen LogP contribution in [-0.2, 0) is 9.53 Å². The van der Waals surface area contributed by atoms with Crippen molar-refractivity contribution in [1.82, 2.24) is 0 Å². The molecule has 58 valence electrons. The zero-order chi connectivity index (χ0) is 7.98. The predicted molar refractivity (Wildman–Crippen MR) is 40.9 cm³/mol. The summed E-state index contributed by atoms with van der Waals surface area (Å²) in [7, 11) is 0. The lowest BCUT2D eigenvalue weighted by Crippen LogP contribution is -2.14. The molecule has 0 aromatic heterocycles. The van der Waals surface area contributed by atoms with Gasteiger partial charge >= 0.3 is 0 Å². The number of carbonyl (C=O) groups is 1. The van der Waals surface area contributed by atoms with E-state index in [1.807, 2.05) is 13.8 Å². The molecule has 0 aliphatic rings. The third-order valence-corrected chi connectivity index (χ3v) is 1.12. The van der Waals surface area contributed by atoms with Gasteiger partial charge in [-0.1, -0.05) is 19.9 Å². The standard InChI is InChI=1S/C8H14O2/c1-4-5-10-6-8(9)7(2)3/h4,7H,1,5-6H2,2-3H3. The fourth-order valence-corrected chi connectivity index (χ4v) is 0.410. The Labute approximate surface area is 61.9 Å². The van der Waals surface area contributed by atoms with E-state index in [4.69, 9.17) is 4.74 Å². The van der Waals surface area contributed by atoms with Gasteiger partial charge in [-0.3, -0.25) is 4.79 Å². The van der Waals surface area contributed by atoms with E-state index < -0.39 is 0 Å². The van der Waals surface area contributed by atoms with Crippen LogP contribution in [0.5, 0.6) is 0 Å². The van der Waals surface area contributed by atoms with E-state index in [2.05, 4.69) is 6.58 Å². The Morgan fingerprint density at radius 3 is 2.70 bits per heavy atom. The first-order valence-corrected chi connectivity index (χ1v) is 3.39. The molecule has 0 N–H and O–H groups in total. The first-order valence-electron chi connectivity index (χ1n) is 3.39. The molecular weight excluding hydrogens is 128 g/mol. The lowest BCUT2D eigenvalue weighted by molar-refractivity contribution is -0.126. The van der Waals surface area contributed by atoms with Crippen LogP contribution in [0.4, 0.5) is 0 Å². The molecule has 0 fully saturated rings. The number of rotatable bonds is 5. The highest BCUT2D eigenvalue weighted by Gasteiger charge is 2.05. The summed E-state index contributed by atoms with van der Waals surface area (Å²) in [6, 6.07) is 0. The van der Waals surface area contributed by atoms with Gasteiger partial charge in [0.05, 0.1) is 6.61 Å². The molecule has 2 nitrogen and oxygen atoms in total. The lowest BCUT2D eigenvalue weighted by atomic mass is 10.1. The summed E-state index contributed by atoms with van der Waals surface area (Å²) in [5.41, 5.74) is 0. The second kappa shape index (κ2) is 5.18. The van der Waals surface area contributed by atoms with Gasteiger partial charge in [0.2, 0.25) is 0 Å². The molecule has 0 amide bonds. The van der Waals surface area contributed by atoms with E-state index in [1.54, 1.807) is 6.08 Å². The summed E-state index contributed by atoms with van der Waals surface area (Å²) < 4.78 is 4.94. The van der Waals surface area contributed by atoms with Crippen molar-refractivity contribution in [2.45, 2.75) is 13.8 Å². The Bertz CT molecular complexity index is 116. The monoisotopic (exact) mass is 142 g/mol. The first-order chi connectivity index (χ1) is 4.68. The van der Waals surface area contributed by atoms with E-state index in [9.17, 15) is 4.79 Å². The van der Waals surface area contributed by atoms with Crippen LogP contribution in [0.2, 0.25) is 0 Å². The highest BCUT2D eigenvalue weighted by atomic mass is 16.5. The van der Waals surface area contributed by atoms with Gasteiger partial charge in [-0.2, -0.15) is 0 Å². The number of Topliss-reactive ketones (excluding diaryl/α,β-unsaturated/α-hetero) is 1. The van der Waals surface area contributed by atoms with Crippen LogP contribution in [0, 0.1) is 5.92 Å². The van der Waals surface area contributed by atoms with Crippen molar-refractivity contribution in [2.75, 3.05) is 13.2 Å². The van der Waals surface area contributed by atoms with Gasteiger partial charge < -0.3 is 4.74 Å². The minimum atomic E-state index is 0.0739. The van der Waals surface area contributed by atoms with Gasteiger partial charge in [-0.15, -0.1) is 6.58 Å². The molecule has 0 aromatic carbocycles. The first kappa shape index (κ1) is 9.37. The summed E-state index contributed by atoms with van der Waals surface area (Å²) in [4.78, 5) is 10.9. The molecule has 0 saturated heterocycles. The highest BCUT2D eigenvalue weighted by Crippen LogP contribution is 1.93. The van der Waals surface area contributed by atoms with Crippen molar-refractivity contribution >= 4 is 5.78 Å². The Hall–Kier alpha value is -0.630. The summed E-state index contributed by atoms with van der Waals surface area (Å²) in [6.45, 7) is 7.86. The van der Waals surface area contributed by atoms with Crippen LogP contribution in [0.3, 0.4) is 0 Å². The summed E-state index contributed by atoms with van der Waals surface area (Å²) in [5.74, 6) is 0.215. The SMILES string of the molecule is C=CCOCC(=O)C(C)C. The fourth-order valence-electron chi connectivity index (χ4n) is 0.410. The lowest BCUT2D eigenvalue weighted by Gasteiger charge is -2.02. The second-order valence-corrected chi connectivity index (χ2v) is 2.42. The van der Waals surface area contributed by atoms with Crippen LogP contribution in [0.25, 0.3) is 0 Å². The highest BCUT2D eigenvalue weighted by molar-refractivity contribution is 5.81. The Morgan fingerprint density at radius 1 is 1.70 bits per heavy atom. The van der Waals surface area contributed by atoms with E-state index in [0.717, 1.165) is 0 Å². The van der Waals surface area contributed by atoms with Gasteiger partial charge in [0.1, 0.15) is 6.61 Å². The molecule has 2 heteroatoms. The van der Waals surface area contributed by atoms with Crippen molar-refractivity contribution in [2.24, 2.45) is 5.92 Å². The van der Waals surface area contributed by atoms with Crippen molar-refractivity contribution < 1.29 is 9.53 Å². The van der Waals surface area contributed by atoms with Crippen LogP contribution in [0.15, 0.2) is 12.7 Å². The number of ether oxygens (including phenoxy) is 1. The Kier molecular flexibility index (Phi) is 4.85. The summed E-state index contributed by atoms with van der Waals surface area (Å²) in [5, 5.41) is 0. The van der Waals surface area contributed by atoms with Crippen LogP contribution < -0.4 is 0 Å². The number of carbonyl (C=O) groups excluding carboxylic acids is 1. The maximum Gasteiger partial charge on any atom is 0.160 e. The average Bonchev–Trinajstić information content (AvgIpc) is 1.88. The maximum atomic E-state index is 10.9. The molecule has 0 rings (SSSR count). The third kappa shape index (κ3) is 4.27. The zero-order valence-corrected chi connectivity index (χ0v) is 6.59. The van der Waals surface area contributed by atoms with Gasteiger partial charge in [0, 0.05) is 5.92 Å². The fraction of sp³-hybridized carbons (Fsp3) is 0.625. The van der Waals surface area contributed by atoms with Crippen LogP contribution in [0.1, 0.15) is 13.8 Å². The number of hydrogen-bond acceptors (Lipinski definition) is 2. The molecule has 0 atom stereocenters. The second-order valence-electron chi connectivity index (χ2n) is 2.42. The quantitative estimate of drug-likeness (QED) is 0.428. The van der Waals surface area contributed by atoms with Gasteiger partial charge in [-0.05, 0) is 0 Å². The molecule has 0 heterocycles. The molecule has 0 spiro atoms. The van der Waals surface area contributed by atoms with E-state index in [-0.39, 0.29) is 18.3 Å². The molecule has 10 heavy (non-hydrogen) atoms. The van der Waals surface area contributed by atoms with Crippen molar-refractivity contribution in [1.29, 1.82) is 0 Å². The van der Waals surface area contributed by atoms with Gasteiger partial charge in [0.25, 0.3) is 0 Å². The predicted octanol–water partition coefficient (Wildman–Crippen LogP) is 1.41. The topological polar surface area (TPSA) is 26.3 Å². The average molecular weight is 142 g/mol. The smallest absolute Gasteiger partial charge is 0.160 e. The molecule has 0 aliphatic heterocycles. The molecule has 0 unspecified atom stereocenters. The van der Waals surface area contributed by atoms with E-state index in [1.165, 1.54) is 0 Å². The minimum absolute atomic E-state index is 0.0739. The summed E-state index contributed by atoms with van der Waals surface area (Å²) in [6.07, 6.45) is 1.63. The van der Waals surface area contributed by atoms with Crippen molar-refractivity contribution in [3.8, 4) is 0 Å². The van der Waals surface area contributed by atoms with Crippen LogP contribution in [-0.4, -0.2) is 19.0 Å². The van der Waals surface area contributed by atoms with Crippen molar-refractivity contribution in [3.63, 3.8) is 0 Å². The normalized spacial score (nSPS) is 9.90. The Balaban J connectivity index is 3.30. The third-order valence-electron chi connectivity index (χ3n) is 1.12. The van der Waals surface area contributed by atoms with Crippen molar-refractivity contribution in [3.05, 3.63) is 12.7 Å².